The van der Waals surface area contributed by atoms with Gasteiger partial charge in [-0.2, -0.15) is 0 Å². The third-order valence-corrected chi connectivity index (χ3v) is 3.36. The van der Waals surface area contributed by atoms with Gasteiger partial charge in [0.2, 0.25) is 0 Å². The van der Waals surface area contributed by atoms with Crippen molar-refractivity contribution in [2.24, 2.45) is 5.73 Å². The Labute approximate surface area is 128 Å². The van der Waals surface area contributed by atoms with E-state index in [2.05, 4.69) is 0 Å². The summed E-state index contributed by atoms with van der Waals surface area (Å²) in [5.41, 5.74) is 7.02. The van der Waals surface area contributed by atoms with Crippen LogP contribution in [0.25, 0.3) is 0 Å². The van der Waals surface area contributed by atoms with Crippen LogP contribution in [-0.2, 0) is 6.42 Å². The molecular formula is C15H16Cl2FNO. The van der Waals surface area contributed by atoms with Crippen molar-refractivity contribution in [3.63, 3.8) is 0 Å². The van der Waals surface area contributed by atoms with Crippen molar-refractivity contribution in [3.05, 3.63) is 70.5 Å². The number of halogens is 3. The molecule has 0 saturated heterocycles. The van der Waals surface area contributed by atoms with Crippen molar-refractivity contribution >= 4 is 24.0 Å². The summed E-state index contributed by atoms with van der Waals surface area (Å²) in [5.74, 6) is -0.493. The molecule has 20 heavy (non-hydrogen) atoms. The molecule has 0 unspecified atom stereocenters. The van der Waals surface area contributed by atoms with Crippen LogP contribution in [0.1, 0.15) is 17.2 Å². The molecule has 0 fully saturated rings. The van der Waals surface area contributed by atoms with Gasteiger partial charge < -0.3 is 10.8 Å². The first-order valence-electron chi connectivity index (χ1n) is 6.01. The molecule has 0 aliphatic carbocycles. The standard InChI is InChI=1S/C15H15ClFNO.ClH/c16-11-7-4-8-12(17)14(11)15(18)13(19)9-10-5-2-1-3-6-10;/h1-8,13,15,19H,9,18H2;1H/t13-,15-;/m0./s1. The Hall–Kier alpha value is -1.13. The van der Waals surface area contributed by atoms with Crippen molar-refractivity contribution in [2.75, 3.05) is 0 Å². The summed E-state index contributed by atoms with van der Waals surface area (Å²) in [6.07, 6.45) is -0.538. The minimum absolute atomic E-state index is 0. The Morgan fingerprint density at radius 1 is 1.10 bits per heavy atom. The predicted octanol–water partition coefficient (Wildman–Crippen LogP) is 3.50. The third-order valence-electron chi connectivity index (χ3n) is 3.04. The van der Waals surface area contributed by atoms with Crippen LogP contribution in [0.3, 0.4) is 0 Å². The number of hydrogen-bond acceptors (Lipinski definition) is 2. The second-order valence-corrected chi connectivity index (χ2v) is 4.83. The summed E-state index contributed by atoms with van der Waals surface area (Å²) < 4.78 is 13.7. The lowest BCUT2D eigenvalue weighted by molar-refractivity contribution is 0.143. The molecule has 5 heteroatoms. The van der Waals surface area contributed by atoms with Crippen molar-refractivity contribution in [2.45, 2.75) is 18.6 Å². The maximum absolute atomic E-state index is 13.7. The Balaban J connectivity index is 0.00000200. The second kappa shape index (κ2) is 7.60. The van der Waals surface area contributed by atoms with Crippen LogP contribution in [0.15, 0.2) is 48.5 Å². The molecule has 0 radical (unpaired) electrons. The summed E-state index contributed by atoms with van der Waals surface area (Å²) in [6, 6.07) is 12.9. The van der Waals surface area contributed by atoms with Gasteiger partial charge in [-0.1, -0.05) is 48.0 Å². The largest absolute Gasteiger partial charge is 0.391 e. The zero-order valence-corrected chi connectivity index (χ0v) is 12.2. The number of hydrogen-bond donors (Lipinski definition) is 2. The van der Waals surface area contributed by atoms with E-state index >= 15 is 0 Å². The highest BCUT2D eigenvalue weighted by molar-refractivity contribution is 6.31. The second-order valence-electron chi connectivity index (χ2n) is 4.42. The first kappa shape index (κ1) is 16.9. The van der Waals surface area contributed by atoms with Gasteiger partial charge in [-0.3, -0.25) is 0 Å². The highest BCUT2D eigenvalue weighted by Gasteiger charge is 2.22. The fraction of sp³-hybridized carbons (Fsp3) is 0.200. The van der Waals surface area contributed by atoms with E-state index < -0.39 is 18.0 Å². The van der Waals surface area contributed by atoms with Crippen molar-refractivity contribution in [1.29, 1.82) is 0 Å². The summed E-state index contributed by atoms with van der Waals surface area (Å²) in [5, 5.41) is 10.4. The van der Waals surface area contributed by atoms with Crippen LogP contribution < -0.4 is 5.73 Å². The normalized spacial score (nSPS) is 13.4. The first-order valence-corrected chi connectivity index (χ1v) is 6.39. The highest BCUT2D eigenvalue weighted by Crippen LogP contribution is 2.27. The fourth-order valence-corrected chi connectivity index (χ4v) is 2.29. The molecule has 0 bridgehead atoms. The fourth-order valence-electron chi connectivity index (χ4n) is 2.00. The lowest BCUT2D eigenvalue weighted by atomic mass is 9.96. The number of benzene rings is 2. The SMILES string of the molecule is Cl.N[C@H](c1c(F)cccc1Cl)[C@@H](O)Cc1ccccc1. The summed E-state index contributed by atoms with van der Waals surface area (Å²) >= 11 is 5.94. The summed E-state index contributed by atoms with van der Waals surface area (Å²) in [6.45, 7) is 0. The maximum Gasteiger partial charge on any atom is 0.129 e. The van der Waals surface area contributed by atoms with Crippen LogP contribution in [0.2, 0.25) is 5.02 Å². The summed E-state index contributed by atoms with van der Waals surface area (Å²) in [4.78, 5) is 0. The molecule has 2 aromatic carbocycles. The minimum atomic E-state index is -0.892. The van der Waals surface area contributed by atoms with Crippen LogP contribution in [-0.4, -0.2) is 11.2 Å². The van der Waals surface area contributed by atoms with Gasteiger partial charge >= 0.3 is 0 Å². The molecular weight excluding hydrogens is 300 g/mol. The number of rotatable bonds is 4. The zero-order valence-electron chi connectivity index (χ0n) is 10.7. The van der Waals surface area contributed by atoms with E-state index in [0.717, 1.165) is 5.56 Å². The van der Waals surface area contributed by atoms with Gasteiger partial charge in [0.15, 0.2) is 0 Å². The molecule has 2 nitrogen and oxygen atoms in total. The van der Waals surface area contributed by atoms with E-state index in [9.17, 15) is 9.50 Å². The molecule has 2 rings (SSSR count). The van der Waals surface area contributed by atoms with Gasteiger partial charge in [-0.25, -0.2) is 4.39 Å². The third kappa shape index (κ3) is 3.93. The maximum atomic E-state index is 13.7. The van der Waals surface area contributed by atoms with Crippen LogP contribution >= 0.6 is 24.0 Å². The van der Waals surface area contributed by atoms with Gasteiger partial charge in [-0.05, 0) is 17.7 Å². The van der Waals surface area contributed by atoms with Crippen molar-refractivity contribution < 1.29 is 9.50 Å². The molecule has 0 aromatic heterocycles. The monoisotopic (exact) mass is 315 g/mol. The Morgan fingerprint density at radius 2 is 1.75 bits per heavy atom. The van der Waals surface area contributed by atoms with Crippen LogP contribution in [0.4, 0.5) is 4.39 Å². The number of nitrogens with two attached hydrogens (primary N) is 1. The van der Waals surface area contributed by atoms with E-state index in [1.165, 1.54) is 12.1 Å². The number of aliphatic hydroxyl groups is 1. The van der Waals surface area contributed by atoms with Crippen molar-refractivity contribution in [3.8, 4) is 0 Å². The Morgan fingerprint density at radius 3 is 2.35 bits per heavy atom. The molecule has 0 heterocycles. The van der Waals surface area contributed by atoms with Crippen LogP contribution in [0, 0.1) is 5.82 Å². The topological polar surface area (TPSA) is 46.2 Å². The minimum Gasteiger partial charge on any atom is -0.391 e. The predicted molar refractivity (Wildman–Crippen MR) is 81.7 cm³/mol. The molecule has 108 valence electrons. The molecule has 2 aromatic rings. The molecule has 0 aliphatic heterocycles. The van der Waals surface area contributed by atoms with E-state index in [1.54, 1.807) is 6.07 Å². The first-order chi connectivity index (χ1) is 9.09. The van der Waals surface area contributed by atoms with Gasteiger partial charge in [0.1, 0.15) is 5.82 Å². The molecule has 3 N–H and O–H groups in total. The quantitative estimate of drug-likeness (QED) is 0.907. The van der Waals surface area contributed by atoms with Crippen LogP contribution in [0.5, 0.6) is 0 Å². The smallest absolute Gasteiger partial charge is 0.129 e. The van der Waals surface area contributed by atoms with Crippen molar-refractivity contribution in [1.82, 2.24) is 0 Å². The van der Waals surface area contributed by atoms with Gasteiger partial charge in [-0.15, -0.1) is 12.4 Å². The zero-order chi connectivity index (χ0) is 13.8. The summed E-state index contributed by atoms with van der Waals surface area (Å²) in [7, 11) is 0. The van der Waals surface area contributed by atoms with E-state index in [4.69, 9.17) is 17.3 Å². The van der Waals surface area contributed by atoms with Gasteiger partial charge in [0, 0.05) is 17.0 Å². The molecule has 0 aliphatic rings. The highest BCUT2D eigenvalue weighted by atomic mass is 35.5. The lowest BCUT2D eigenvalue weighted by Crippen LogP contribution is -2.29. The van der Waals surface area contributed by atoms with E-state index in [-0.39, 0.29) is 23.0 Å². The Kier molecular flexibility index (Phi) is 6.43. The van der Waals surface area contributed by atoms with E-state index in [1.807, 2.05) is 30.3 Å². The van der Waals surface area contributed by atoms with E-state index in [0.29, 0.717) is 6.42 Å². The average Bonchev–Trinajstić information content (AvgIpc) is 2.39. The van der Waals surface area contributed by atoms with Gasteiger partial charge in [0.25, 0.3) is 0 Å². The molecule has 2 atom stereocenters. The molecule has 0 saturated carbocycles. The lowest BCUT2D eigenvalue weighted by Gasteiger charge is -2.20. The molecule has 0 spiro atoms. The Bertz CT molecular complexity index is 531. The van der Waals surface area contributed by atoms with Gasteiger partial charge in [0.05, 0.1) is 12.1 Å². The average molecular weight is 316 g/mol. The molecule has 0 amide bonds. The number of aliphatic hydroxyl groups excluding tert-OH is 1.